The number of phenolic OH excluding ortho intramolecular Hbond substituents is 1. The second kappa shape index (κ2) is 6.15. The Kier molecular flexibility index (Phi) is 4.27. The van der Waals surface area contributed by atoms with Crippen LogP contribution in [0.5, 0.6) is 5.75 Å². The summed E-state index contributed by atoms with van der Waals surface area (Å²) in [6, 6.07) is 6.82. The summed E-state index contributed by atoms with van der Waals surface area (Å²) in [6.45, 7) is 4.13. The van der Waals surface area contributed by atoms with E-state index in [4.69, 9.17) is 4.74 Å². The van der Waals surface area contributed by atoms with Crippen molar-refractivity contribution in [1.82, 2.24) is 5.32 Å². The van der Waals surface area contributed by atoms with Crippen LogP contribution >= 0.6 is 0 Å². The molecule has 1 aliphatic heterocycles. The molecule has 1 aliphatic carbocycles. The molecule has 2 aliphatic rings. The van der Waals surface area contributed by atoms with E-state index >= 15 is 0 Å². The Morgan fingerprint density at radius 1 is 1.25 bits per heavy atom. The molecule has 1 heterocycles. The minimum absolute atomic E-state index is 0.391. The van der Waals surface area contributed by atoms with Crippen molar-refractivity contribution in [3.8, 4) is 5.75 Å². The Morgan fingerprint density at radius 2 is 2.05 bits per heavy atom. The number of fused-ring (bicyclic) bond motifs is 1. The maximum absolute atomic E-state index is 9.63. The van der Waals surface area contributed by atoms with E-state index in [1.165, 1.54) is 36.8 Å². The summed E-state index contributed by atoms with van der Waals surface area (Å²) in [6.07, 6.45) is 5.83. The molecule has 3 rings (SSSR count). The molecular formula is C17H25NO2. The second-order valence-corrected chi connectivity index (χ2v) is 6.23. The van der Waals surface area contributed by atoms with E-state index in [-0.39, 0.29) is 0 Å². The first-order chi connectivity index (χ1) is 9.74. The van der Waals surface area contributed by atoms with Gasteiger partial charge in [-0.05, 0) is 68.2 Å². The van der Waals surface area contributed by atoms with E-state index in [1.807, 2.05) is 12.1 Å². The number of phenols is 1. The number of ether oxygens (including phenoxy) is 1. The second-order valence-electron chi connectivity index (χ2n) is 6.23. The Morgan fingerprint density at radius 3 is 2.85 bits per heavy atom. The van der Waals surface area contributed by atoms with Gasteiger partial charge in [-0.2, -0.15) is 0 Å². The average molecular weight is 275 g/mol. The van der Waals surface area contributed by atoms with Crippen LogP contribution in [0.3, 0.4) is 0 Å². The van der Waals surface area contributed by atoms with E-state index in [0.29, 0.717) is 17.8 Å². The molecule has 20 heavy (non-hydrogen) atoms. The van der Waals surface area contributed by atoms with Gasteiger partial charge in [-0.3, -0.25) is 0 Å². The van der Waals surface area contributed by atoms with Crippen molar-refractivity contribution in [2.45, 2.75) is 51.1 Å². The third-order valence-electron chi connectivity index (χ3n) is 4.88. The van der Waals surface area contributed by atoms with Crippen LogP contribution in [-0.2, 0) is 11.2 Å². The summed E-state index contributed by atoms with van der Waals surface area (Å²) in [4.78, 5) is 0. The first-order valence-electron chi connectivity index (χ1n) is 7.89. The fourth-order valence-electron chi connectivity index (χ4n) is 3.64. The topological polar surface area (TPSA) is 41.5 Å². The summed E-state index contributed by atoms with van der Waals surface area (Å²) < 4.78 is 5.45. The van der Waals surface area contributed by atoms with Crippen molar-refractivity contribution in [3.05, 3.63) is 29.3 Å². The van der Waals surface area contributed by atoms with Gasteiger partial charge in [0, 0.05) is 25.3 Å². The van der Waals surface area contributed by atoms with Crippen molar-refractivity contribution in [2.24, 2.45) is 5.92 Å². The smallest absolute Gasteiger partial charge is 0.115 e. The zero-order chi connectivity index (χ0) is 13.9. The SMILES string of the molecule is CC(NC1CCCc2cc(O)ccc21)C1CCOCC1. The Hall–Kier alpha value is -1.06. The Balaban J connectivity index is 1.69. The summed E-state index contributed by atoms with van der Waals surface area (Å²) in [7, 11) is 0. The normalized spacial score (nSPS) is 25.1. The number of rotatable bonds is 3. The van der Waals surface area contributed by atoms with E-state index in [0.717, 1.165) is 25.6 Å². The number of hydrogen-bond acceptors (Lipinski definition) is 3. The largest absolute Gasteiger partial charge is 0.508 e. The van der Waals surface area contributed by atoms with Crippen molar-refractivity contribution in [3.63, 3.8) is 0 Å². The van der Waals surface area contributed by atoms with Crippen molar-refractivity contribution >= 4 is 0 Å². The van der Waals surface area contributed by atoms with Crippen LogP contribution in [0, 0.1) is 5.92 Å². The van der Waals surface area contributed by atoms with Crippen LogP contribution < -0.4 is 5.32 Å². The maximum atomic E-state index is 9.63. The molecule has 0 amide bonds. The Bertz CT molecular complexity index is 454. The standard InChI is InChI=1S/C17H25NO2/c1-12(13-7-9-20-10-8-13)18-17-4-2-3-14-11-15(19)5-6-16(14)17/h5-6,11-13,17-19H,2-4,7-10H2,1H3. The zero-order valence-electron chi connectivity index (χ0n) is 12.3. The van der Waals surface area contributed by atoms with Gasteiger partial charge >= 0.3 is 0 Å². The minimum atomic E-state index is 0.391. The molecule has 1 aromatic rings. The fourth-order valence-corrected chi connectivity index (χ4v) is 3.64. The lowest BCUT2D eigenvalue weighted by atomic mass is 9.85. The maximum Gasteiger partial charge on any atom is 0.115 e. The highest BCUT2D eigenvalue weighted by Crippen LogP contribution is 2.33. The minimum Gasteiger partial charge on any atom is -0.508 e. The van der Waals surface area contributed by atoms with E-state index in [9.17, 15) is 5.11 Å². The summed E-state index contributed by atoms with van der Waals surface area (Å²) >= 11 is 0. The highest BCUT2D eigenvalue weighted by molar-refractivity contribution is 5.38. The predicted octanol–water partition coefficient (Wildman–Crippen LogP) is 3.17. The third-order valence-corrected chi connectivity index (χ3v) is 4.88. The summed E-state index contributed by atoms with van der Waals surface area (Å²) in [5.41, 5.74) is 2.70. The first-order valence-corrected chi connectivity index (χ1v) is 7.89. The molecule has 0 bridgehead atoms. The number of aryl methyl sites for hydroxylation is 1. The van der Waals surface area contributed by atoms with Gasteiger partial charge in [0.25, 0.3) is 0 Å². The zero-order valence-corrected chi connectivity index (χ0v) is 12.3. The molecule has 110 valence electrons. The average Bonchev–Trinajstić information content (AvgIpc) is 2.48. The van der Waals surface area contributed by atoms with Gasteiger partial charge < -0.3 is 15.2 Å². The molecular weight excluding hydrogens is 250 g/mol. The van der Waals surface area contributed by atoms with E-state index in [1.54, 1.807) is 0 Å². The monoisotopic (exact) mass is 275 g/mol. The molecule has 3 heteroatoms. The van der Waals surface area contributed by atoms with Crippen molar-refractivity contribution < 1.29 is 9.84 Å². The Labute approximate surface area is 121 Å². The van der Waals surface area contributed by atoms with Crippen LogP contribution in [0.15, 0.2) is 18.2 Å². The summed E-state index contributed by atoms with van der Waals surface area (Å²) in [5, 5.41) is 13.5. The van der Waals surface area contributed by atoms with Crippen LogP contribution in [-0.4, -0.2) is 24.4 Å². The molecule has 2 unspecified atom stereocenters. The molecule has 0 aromatic heterocycles. The molecule has 0 saturated carbocycles. The number of aromatic hydroxyl groups is 1. The fraction of sp³-hybridized carbons (Fsp3) is 0.647. The van der Waals surface area contributed by atoms with Crippen molar-refractivity contribution in [1.29, 1.82) is 0 Å². The molecule has 0 spiro atoms. The number of nitrogens with one attached hydrogen (secondary N) is 1. The lowest BCUT2D eigenvalue weighted by Crippen LogP contribution is -2.39. The van der Waals surface area contributed by atoms with Gasteiger partial charge in [-0.1, -0.05) is 6.07 Å². The van der Waals surface area contributed by atoms with Crippen LogP contribution in [0.4, 0.5) is 0 Å². The summed E-state index contributed by atoms with van der Waals surface area (Å²) in [5.74, 6) is 1.12. The lowest BCUT2D eigenvalue weighted by molar-refractivity contribution is 0.0540. The van der Waals surface area contributed by atoms with Crippen LogP contribution in [0.1, 0.15) is 49.8 Å². The van der Waals surface area contributed by atoms with Gasteiger partial charge in [-0.15, -0.1) is 0 Å². The first kappa shape index (κ1) is 13.9. The van der Waals surface area contributed by atoms with Gasteiger partial charge in [0.1, 0.15) is 5.75 Å². The van der Waals surface area contributed by atoms with Gasteiger partial charge in [0.05, 0.1) is 0 Å². The van der Waals surface area contributed by atoms with Crippen molar-refractivity contribution in [2.75, 3.05) is 13.2 Å². The molecule has 1 aromatic carbocycles. The molecule has 1 fully saturated rings. The van der Waals surface area contributed by atoms with Gasteiger partial charge in [-0.25, -0.2) is 0 Å². The number of hydrogen-bond donors (Lipinski definition) is 2. The molecule has 2 N–H and O–H groups in total. The highest BCUT2D eigenvalue weighted by atomic mass is 16.5. The highest BCUT2D eigenvalue weighted by Gasteiger charge is 2.26. The molecule has 0 radical (unpaired) electrons. The van der Waals surface area contributed by atoms with Gasteiger partial charge in [0.15, 0.2) is 0 Å². The number of benzene rings is 1. The quantitative estimate of drug-likeness (QED) is 0.890. The van der Waals surface area contributed by atoms with E-state index in [2.05, 4.69) is 18.3 Å². The van der Waals surface area contributed by atoms with E-state index < -0.39 is 0 Å². The molecule has 3 nitrogen and oxygen atoms in total. The van der Waals surface area contributed by atoms with Crippen LogP contribution in [0.25, 0.3) is 0 Å². The van der Waals surface area contributed by atoms with Gasteiger partial charge in [0.2, 0.25) is 0 Å². The third kappa shape index (κ3) is 2.99. The predicted molar refractivity (Wildman–Crippen MR) is 79.9 cm³/mol. The van der Waals surface area contributed by atoms with Crippen LogP contribution in [0.2, 0.25) is 0 Å². The lowest BCUT2D eigenvalue weighted by Gasteiger charge is -2.34. The molecule has 2 atom stereocenters. The molecule has 1 saturated heterocycles.